The number of alkyl halides is 5. The number of aromatic nitrogens is 4. The topological polar surface area (TPSA) is 43.6 Å². The van der Waals surface area contributed by atoms with Crippen LogP contribution in [0, 0.1) is 5.82 Å². The third kappa shape index (κ3) is 3.24. The maximum atomic E-state index is 14.3. The molecule has 1 aliphatic rings. The second kappa shape index (κ2) is 5.93. The molecule has 0 aromatic carbocycles. The SMILES string of the molecule is Fc1cc(C2CC2)cnc1-c1cc2cnn(CC(F)(F)C(F)(F)F)c2cn1. The van der Waals surface area contributed by atoms with Gasteiger partial charge in [0.25, 0.3) is 0 Å². The Morgan fingerprint density at radius 2 is 1.74 bits per heavy atom. The largest absolute Gasteiger partial charge is 0.455 e. The highest BCUT2D eigenvalue weighted by molar-refractivity contribution is 5.81. The molecule has 27 heavy (non-hydrogen) atoms. The first-order valence-electron chi connectivity index (χ1n) is 8.07. The summed E-state index contributed by atoms with van der Waals surface area (Å²) in [5, 5.41) is 3.83. The van der Waals surface area contributed by atoms with E-state index in [0.29, 0.717) is 10.6 Å². The van der Waals surface area contributed by atoms with Crippen LogP contribution in [-0.4, -0.2) is 31.8 Å². The number of nitrogens with zero attached hydrogens (tertiary/aromatic N) is 4. The van der Waals surface area contributed by atoms with Gasteiger partial charge in [-0.1, -0.05) is 0 Å². The van der Waals surface area contributed by atoms with Crippen molar-refractivity contribution in [1.29, 1.82) is 0 Å². The lowest BCUT2D eigenvalue weighted by Gasteiger charge is -2.19. The van der Waals surface area contributed by atoms with Crippen molar-refractivity contribution in [1.82, 2.24) is 19.7 Å². The van der Waals surface area contributed by atoms with E-state index in [1.807, 2.05) is 0 Å². The van der Waals surface area contributed by atoms with E-state index in [4.69, 9.17) is 0 Å². The van der Waals surface area contributed by atoms with Crippen LogP contribution in [0.4, 0.5) is 26.3 Å². The number of pyridine rings is 2. The molecule has 3 aromatic heterocycles. The van der Waals surface area contributed by atoms with E-state index in [9.17, 15) is 26.3 Å². The Labute approximate surface area is 148 Å². The maximum absolute atomic E-state index is 14.3. The van der Waals surface area contributed by atoms with E-state index < -0.39 is 24.5 Å². The smallest absolute Gasteiger partial charge is 0.257 e. The van der Waals surface area contributed by atoms with Crippen molar-refractivity contribution in [3.05, 3.63) is 42.1 Å². The third-order valence-corrected chi connectivity index (χ3v) is 4.44. The Hall–Kier alpha value is -2.65. The lowest BCUT2D eigenvalue weighted by Crippen LogP contribution is -2.40. The summed E-state index contributed by atoms with van der Waals surface area (Å²) in [6, 6.07) is 2.74. The summed E-state index contributed by atoms with van der Waals surface area (Å²) < 4.78 is 78.6. The van der Waals surface area contributed by atoms with E-state index in [1.165, 1.54) is 12.1 Å². The van der Waals surface area contributed by atoms with Crippen LogP contribution in [0.1, 0.15) is 24.3 Å². The fraction of sp³-hybridized carbons (Fsp3) is 0.353. The second-order valence-electron chi connectivity index (χ2n) is 6.51. The van der Waals surface area contributed by atoms with Crippen molar-refractivity contribution in [3.8, 4) is 11.4 Å². The predicted octanol–water partition coefficient (Wildman–Crippen LogP) is 4.71. The van der Waals surface area contributed by atoms with Crippen molar-refractivity contribution in [2.24, 2.45) is 0 Å². The van der Waals surface area contributed by atoms with Crippen molar-refractivity contribution in [2.75, 3.05) is 0 Å². The molecule has 0 radical (unpaired) electrons. The molecule has 10 heteroatoms. The summed E-state index contributed by atoms with van der Waals surface area (Å²) in [7, 11) is 0. The molecule has 0 N–H and O–H groups in total. The van der Waals surface area contributed by atoms with Gasteiger partial charge in [0, 0.05) is 11.6 Å². The van der Waals surface area contributed by atoms with Gasteiger partial charge in [0.15, 0.2) is 5.82 Å². The molecule has 1 aliphatic carbocycles. The second-order valence-corrected chi connectivity index (χ2v) is 6.51. The summed E-state index contributed by atoms with van der Waals surface area (Å²) in [5.41, 5.74) is 0.913. The molecule has 4 rings (SSSR count). The molecule has 3 aromatic rings. The molecular weight excluding hydrogens is 374 g/mol. The molecule has 1 fully saturated rings. The quantitative estimate of drug-likeness (QED) is 0.610. The summed E-state index contributed by atoms with van der Waals surface area (Å²) in [5.74, 6) is -5.18. The average Bonchev–Trinajstić information content (AvgIpc) is 3.36. The van der Waals surface area contributed by atoms with E-state index in [1.54, 1.807) is 6.20 Å². The first-order valence-corrected chi connectivity index (χ1v) is 8.07. The van der Waals surface area contributed by atoms with Crippen LogP contribution in [0.3, 0.4) is 0 Å². The molecule has 142 valence electrons. The molecule has 0 bridgehead atoms. The van der Waals surface area contributed by atoms with Crippen LogP contribution in [-0.2, 0) is 6.54 Å². The van der Waals surface area contributed by atoms with Gasteiger partial charge in [-0.15, -0.1) is 0 Å². The van der Waals surface area contributed by atoms with Crippen molar-refractivity contribution < 1.29 is 26.3 Å². The first kappa shape index (κ1) is 17.7. The van der Waals surface area contributed by atoms with E-state index in [0.717, 1.165) is 30.8 Å². The summed E-state index contributed by atoms with van der Waals surface area (Å²) in [6.07, 6.45) is 0.0760. The average molecular weight is 386 g/mol. The highest BCUT2D eigenvalue weighted by Gasteiger charge is 2.57. The molecule has 4 nitrogen and oxygen atoms in total. The summed E-state index contributed by atoms with van der Waals surface area (Å²) >= 11 is 0. The van der Waals surface area contributed by atoms with Gasteiger partial charge in [-0.2, -0.15) is 27.1 Å². The maximum Gasteiger partial charge on any atom is 0.455 e. The summed E-state index contributed by atoms with van der Waals surface area (Å²) in [4.78, 5) is 8.05. The fourth-order valence-corrected chi connectivity index (χ4v) is 2.79. The van der Waals surface area contributed by atoms with Crippen LogP contribution in [0.5, 0.6) is 0 Å². The van der Waals surface area contributed by atoms with Gasteiger partial charge in [0.2, 0.25) is 0 Å². The standard InChI is InChI=1S/C17H12F6N4/c18-12-3-10(9-1-2-9)5-25-15(12)13-4-11-6-26-27(14(11)7-24-13)8-16(19,20)17(21,22)23/h3-7,9H,1-2,8H2. The number of hydrogen-bond donors (Lipinski definition) is 0. The van der Waals surface area contributed by atoms with Crippen molar-refractivity contribution in [2.45, 2.75) is 37.4 Å². The number of fused-ring (bicyclic) bond motifs is 1. The Balaban J connectivity index is 1.66. The van der Waals surface area contributed by atoms with Crippen LogP contribution in [0.15, 0.2) is 30.7 Å². The minimum atomic E-state index is -5.69. The molecule has 0 saturated heterocycles. The lowest BCUT2D eigenvalue weighted by atomic mass is 10.1. The molecule has 0 spiro atoms. The molecule has 0 amide bonds. The molecule has 1 saturated carbocycles. The van der Waals surface area contributed by atoms with Crippen LogP contribution in [0.25, 0.3) is 22.3 Å². The van der Waals surface area contributed by atoms with Crippen LogP contribution >= 0.6 is 0 Å². The van der Waals surface area contributed by atoms with E-state index in [-0.39, 0.29) is 22.3 Å². The highest BCUT2D eigenvalue weighted by atomic mass is 19.4. The van der Waals surface area contributed by atoms with Gasteiger partial charge in [0.1, 0.15) is 12.2 Å². The minimum absolute atomic E-state index is 0.0160. The minimum Gasteiger partial charge on any atom is -0.257 e. The van der Waals surface area contributed by atoms with Crippen molar-refractivity contribution >= 4 is 10.9 Å². The van der Waals surface area contributed by atoms with Gasteiger partial charge >= 0.3 is 12.1 Å². The Morgan fingerprint density at radius 1 is 1.00 bits per heavy atom. The van der Waals surface area contributed by atoms with Gasteiger partial charge < -0.3 is 0 Å². The summed E-state index contributed by atoms with van der Waals surface area (Å²) in [6.45, 7) is -1.66. The van der Waals surface area contributed by atoms with E-state index >= 15 is 0 Å². The molecule has 0 aliphatic heterocycles. The Kier molecular flexibility index (Phi) is 3.90. The highest BCUT2D eigenvalue weighted by Crippen LogP contribution is 2.40. The number of rotatable bonds is 4. The van der Waals surface area contributed by atoms with Crippen LogP contribution in [0.2, 0.25) is 0 Å². The van der Waals surface area contributed by atoms with Crippen LogP contribution < -0.4 is 0 Å². The van der Waals surface area contributed by atoms with Crippen molar-refractivity contribution in [3.63, 3.8) is 0 Å². The fourth-order valence-electron chi connectivity index (χ4n) is 2.79. The normalized spacial score (nSPS) is 15.5. The van der Waals surface area contributed by atoms with E-state index in [2.05, 4.69) is 15.1 Å². The molecule has 3 heterocycles. The third-order valence-electron chi connectivity index (χ3n) is 4.44. The van der Waals surface area contributed by atoms with Gasteiger partial charge in [-0.05, 0) is 36.5 Å². The van der Waals surface area contributed by atoms with Gasteiger partial charge in [-0.25, -0.2) is 4.39 Å². The van der Waals surface area contributed by atoms with Gasteiger partial charge in [0.05, 0.1) is 23.6 Å². The Morgan fingerprint density at radius 3 is 2.37 bits per heavy atom. The first-order chi connectivity index (χ1) is 12.7. The lowest BCUT2D eigenvalue weighted by molar-refractivity contribution is -0.287. The van der Waals surface area contributed by atoms with Gasteiger partial charge in [-0.3, -0.25) is 14.6 Å². The predicted molar refractivity (Wildman–Crippen MR) is 83.7 cm³/mol. The molecule has 0 unspecified atom stereocenters. The zero-order chi connectivity index (χ0) is 19.4. The zero-order valence-corrected chi connectivity index (χ0v) is 13.6. The monoisotopic (exact) mass is 386 g/mol. The number of halogens is 6. The molecule has 0 atom stereocenters. The molecular formula is C17H12F6N4. The number of hydrogen-bond acceptors (Lipinski definition) is 3. The Bertz CT molecular complexity index is 1010. The zero-order valence-electron chi connectivity index (χ0n) is 13.6.